The lowest BCUT2D eigenvalue weighted by Gasteiger charge is -1.98. The molecule has 0 radical (unpaired) electrons. The number of hydrogen-bond donors (Lipinski definition) is 0. The first-order valence-electron chi connectivity index (χ1n) is 8.55. The fourth-order valence-corrected chi connectivity index (χ4v) is 1.97. The van der Waals surface area contributed by atoms with Crippen molar-refractivity contribution in [3.63, 3.8) is 0 Å². The Morgan fingerprint density at radius 2 is 1.05 bits per heavy atom. The van der Waals surface area contributed by atoms with Crippen LogP contribution in [0.25, 0.3) is 0 Å². The summed E-state index contributed by atoms with van der Waals surface area (Å²) in [6, 6.07) is 0. The summed E-state index contributed by atoms with van der Waals surface area (Å²) in [4.78, 5) is 0. The van der Waals surface area contributed by atoms with E-state index in [0.29, 0.717) is 0 Å². The quantitative estimate of drug-likeness (QED) is 0.190. The van der Waals surface area contributed by atoms with Gasteiger partial charge in [0, 0.05) is 0 Å². The Kier molecular flexibility index (Phi) is 17.0. The smallest absolute Gasteiger partial charge is 0.0348 e. The van der Waals surface area contributed by atoms with Gasteiger partial charge >= 0.3 is 0 Å². The maximum atomic E-state index is 2.35. The highest BCUT2D eigenvalue weighted by Gasteiger charge is 1.88. The summed E-state index contributed by atoms with van der Waals surface area (Å²) in [5.74, 6) is 0. The molecule has 0 aromatic carbocycles. The van der Waals surface area contributed by atoms with E-state index in [1.807, 2.05) is 0 Å². The molecule has 0 bridgehead atoms. The number of rotatable bonds is 13. The third-order valence-electron chi connectivity index (χ3n) is 3.20. The van der Waals surface area contributed by atoms with E-state index in [0.717, 1.165) is 6.42 Å². The van der Waals surface area contributed by atoms with Gasteiger partial charge in [-0.1, -0.05) is 88.1 Å². The summed E-state index contributed by atoms with van der Waals surface area (Å²) < 4.78 is 0. The topological polar surface area (TPSA) is 0 Å². The molecule has 0 aliphatic rings. The van der Waals surface area contributed by atoms with Crippen LogP contribution in [0.4, 0.5) is 0 Å². The lowest BCUT2D eigenvalue weighted by Crippen LogP contribution is -1.78. The molecule has 0 saturated carbocycles. The highest BCUT2D eigenvalue weighted by atomic mass is 13.9. The third-order valence-corrected chi connectivity index (χ3v) is 3.20. The summed E-state index contributed by atoms with van der Waals surface area (Å²) in [5, 5.41) is 0. The monoisotopic (exact) mass is 274 g/mol. The maximum Gasteiger partial charge on any atom is -0.0348 e. The summed E-state index contributed by atoms with van der Waals surface area (Å²) >= 11 is 0. The van der Waals surface area contributed by atoms with Crippen molar-refractivity contribution in [2.75, 3.05) is 0 Å². The van der Waals surface area contributed by atoms with Crippen molar-refractivity contribution >= 4 is 0 Å². The van der Waals surface area contributed by atoms with Gasteiger partial charge in [0.25, 0.3) is 0 Å². The molecule has 20 heavy (non-hydrogen) atoms. The molecule has 0 atom stereocenters. The molecule has 0 amide bonds. The van der Waals surface area contributed by atoms with E-state index in [9.17, 15) is 0 Å². The standard InChI is InChI=1S/C20H34/c1-3-5-7-9-11-13-15-17-19-20-18-16-14-12-10-8-6-4-2/h5,7-11,13,15H,3-4,6,12,14,16-20H2,1-2H3/b7-5+,10-8+,11-9+,15-13+. The van der Waals surface area contributed by atoms with Crippen molar-refractivity contribution in [3.05, 3.63) is 48.6 Å². The van der Waals surface area contributed by atoms with Gasteiger partial charge in [-0.25, -0.2) is 0 Å². The van der Waals surface area contributed by atoms with Crippen LogP contribution in [0.15, 0.2) is 48.6 Å². The van der Waals surface area contributed by atoms with Gasteiger partial charge in [0.15, 0.2) is 0 Å². The Bertz CT molecular complexity index is 278. The van der Waals surface area contributed by atoms with Crippen molar-refractivity contribution in [1.29, 1.82) is 0 Å². The van der Waals surface area contributed by atoms with Crippen LogP contribution >= 0.6 is 0 Å². The van der Waals surface area contributed by atoms with E-state index < -0.39 is 0 Å². The van der Waals surface area contributed by atoms with E-state index in [1.165, 1.54) is 57.8 Å². The van der Waals surface area contributed by atoms with Gasteiger partial charge in [0.2, 0.25) is 0 Å². The second-order valence-corrected chi connectivity index (χ2v) is 5.25. The van der Waals surface area contributed by atoms with Gasteiger partial charge in [-0.05, 0) is 38.5 Å². The highest BCUT2D eigenvalue weighted by Crippen LogP contribution is 2.08. The van der Waals surface area contributed by atoms with Crippen molar-refractivity contribution in [2.24, 2.45) is 0 Å². The minimum atomic E-state index is 1.11. The minimum Gasteiger partial charge on any atom is -0.0885 e. The van der Waals surface area contributed by atoms with Gasteiger partial charge in [-0.15, -0.1) is 0 Å². The van der Waals surface area contributed by atoms with Crippen LogP contribution in [0.2, 0.25) is 0 Å². The summed E-state index contributed by atoms with van der Waals surface area (Å²) in [5.41, 5.74) is 0. The van der Waals surface area contributed by atoms with Crippen LogP contribution in [0.1, 0.15) is 78.1 Å². The maximum absolute atomic E-state index is 2.35. The zero-order valence-electron chi connectivity index (χ0n) is 13.7. The summed E-state index contributed by atoms with van der Waals surface area (Å²) in [7, 11) is 0. The first-order valence-corrected chi connectivity index (χ1v) is 8.55. The molecule has 0 aromatic heterocycles. The Labute approximate surface area is 127 Å². The van der Waals surface area contributed by atoms with Crippen LogP contribution in [0, 0.1) is 0 Å². The van der Waals surface area contributed by atoms with Crippen LogP contribution in [-0.4, -0.2) is 0 Å². The predicted molar refractivity (Wildman–Crippen MR) is 94.1 cm³/mol. The second-order valence-electron chi connectivity index (χ2n) is 5.25. The molecule has 0 heteroatoms. The number of hydrogen-bond acceptors (Lipinski definition) is 0. The van der Waals surface area contributed by atoms with Crippen molar-refractivity contribution in [2.45, 2.75) is 78.1 Å². The van der Waals surface area contributed by atoms with Gasteiger partial charge < -0.3 is 0 Å². The number of unbranched alkanes of at least 4 members (excludes halogenated alkanes) is 7. The van der Waals surface area contributed by atoms with Crippen LogP contribution < -0.4 is 0 Å². The average Bonchev–Trinajstić information content (AvgIpc) is 2.47. The second kappa shape index (κ2) is 18.0. The van der Waals surface area contributed by atoms with E-state index in [4.69, 9.17) is 0 Å². The molecule has 0 saturated heterocycles. The first kappa shape index (κ1) is 19.0. The lowest BCUT2D eigenvalue weighted by molar-refractivity contribution is 0.621. The van der Waals surface area contributed by atoms with Gasteiger partial charge in [0.05, 0.1) is 0 Å². The van der Waals surface area contributed by atoms with E-state index in [2.05, 4.69) is 62.5 Å². The molecule has 0 spiro atoms. The molecule has 0 N–H and O–H groups in total. The minimum absolute atomic E-state index is 1.11. The zero-order chi connectivity index (χ0) is 14.7. The average molecular weight is 274 g/mol. The van der Waals surface area contributed by atoms with E-state index in [-0.39, 0.29) is 0 Å². The third kappa shape index (κ3) is 17.0. The predicted octanol–water partition coefficient (Wildman–Crippen LogP) is 7.15. The molecule has 0 fully saturated rings. The van der Waals surface area contributed by atoms with Crippen LogP contribution in [-0.2, 0) is 0 Å². The molecule has 0 rings (SSSR count). The lowest BCUT2D eigenvalue weighted by atomic mass is 10.1. The van der Waals surface area contributed by atoms with Gasteiger partial charge in [-0.2, -0.15) is 0 Å². The molecule has 0 aromatic rings. The molecular formula is C20H34. The fourth-order valence-electron chi connectivity index (χ4n) is 1.97. The van der Waals surface area contributed by atoms with Crippen LogP contribution in [0.3, 0.4) is 0 Å². The Hall–Kier alpha value is -1.04. The summed E-state index contributed by atoms with van der Waals surface area (Å²) in [6.07, 6.45) is 30.6. The van der Waals surface area contributed by atoms with Crippen LogP contribution in [0.5, 0.6) is 0 Å². The highest BCUT2D eigenvalue weighted by molar-refractivity contribution is 5.10. The van der Waals surface area contributed by atoms with E-state index >= 15 is 0 Å². The van der Waals surface area contributed by atoms with Crippen molar-refractivity contribution < 1.29 is 0 Å². The molecule has 0 aliphatic carbocycles. The normalized spacial score (nSPS) is 12.7. The van der Waals surface area contributed by atoms with E-state index in [1.54, 1.807) is 0 Å². The zero-order valence-corrected chi connectivity index (χ0v) is 13.7. The van der Waals surface area contributed by atoms with Gasteiger partial charge in [-0.3, -0.25) is 0 Å². The molecular weight excluding hydrogens is 240 g/mol. The van der Waals surface area contributed by atoms with Gasteiger partial charge in [0.1, 0.15) is 0 Å². The molecule has 0 aliphatic heterocycles. The van der Waals surface area contributed by atoms with Crippen molar-refractivity contribution in [3.8, 4) is 0 Å². The molecule has 0 heterocycles. The SMILES string of the molecule is CC/C=C/C=C/C=C/CCCCCCC/C=C/CCC. The fraction of sp³-hybridized carbons (Fsp3) is 0.600. The number of allylic oxidation sites excluding steroid dienone is 8. The first-order chi connectivity index (χ1) is 9.91. The molecule has 0 nitrogen and oxygen atoms in total. The largest absolute Gasteiger partial charge is 0.0885 e. The van der Waals surface area contributed by atoms with Crippen molar-refractivity contribution in [1.82, 2.24) is 0 Å². The Morgan fingerprint density at radius 1 is 0.500 bits per heavy atom. The Balaban J connectivity index is 3.22. The summed E-state index contributed by atoms with van der Waals surface area (Å²) in [6.45, 7) is 4.39. The Morgan fingerprint density at radius 3 is 1.70 bits per heavy atom. The molecule has 114 valence electrons. The molecule has 0 unspecified atom stereocenters.